The maximum atomic E-state index is 6.52. The van der Waals surface area contributed by atoms with Crippen molar-refractivity contribution in [1.82, 2.24) is 4.57 Å². The Kier molecular flexibility index (Phi) is 9.17. The van der Waals surface area contributed by atoms with Crippen molar-refractivity contribution in [2.45, 2.75) is 0 Å². The minimum atomic E-state index is 0.888. The zero-order valence-electron chi connectivity index (χ0n) is 36.6. The molecular weight excluding hydrogens is 813 g/mol. The van der Waals surface area contributed by atoms with Gasteiger partial charge in [0.05, 0.1) is 11.0 Å². The van der Waals surface area contributed by atoms with Crippen molar-refractivity contribution in [3.05, 3.63) is 255 Å². The first kappa shape index (κ1) is 38.5. The number of furan rings is 1. The lowest BCUT2D eigenvalue weighted by Crippen LogP contribution is -2.09. The van der Waals surface area contributed by atoms with E-state index in [-0.39, 0.29) is 0 Å². The van der Waals surface area contributed by atoms with Gasteiger partial charge in [-0.2, -0.15) is 0 Å². The molecule has 11 aromatic carbocycles. The standard InChI is InChI=1S/C64H42N2O/c1-3-13-47(14-4-1)56-19-11-20-59-60-41-50(31-39-63(60)67-64(56)59)45-26-34-54(35-27-45)65(53-32-24-44(25-33-53)49-23-22-43-12-7-8-15-48(43)40-49)55-36-28-46(29-37-55)51-30-38-58-57-18-9-10-21-61(57)66(62(58)42-51)52-16-5-2-6-17-52/h1-42H. The van der Waals surface area contributed by atoms with E-state index in [1.807, 2.05) is 6.07 Å². The second-order valence-electron chi connectivity index (χ2n) is 17.3. The average molecular weight is 855 g/mol. The molecule has 2 aromatic heterocycles. The van der Waals surface area contributed by atoms with Gasteiger partial charge in [-0.15, -0.1) is 0 Å². The molecule has 13 rings (SSSR count). The number of hydrogen-bond acceptors (Lipinski definition) is 2. The van der Waals surface area contributed by atoms with Crippen LogP contribution in [-0.4, -0.2) is 4.57 Å². The van der Waals surface area contributed by atoms with Crippen LogP contribution < -0.4 is 4.90 Å². The molecule has 0 amide bonds. The van der Waals surface area contributed by atoms with Crippen molar-refractivity contribution in [3.63, 3.8) is 0 Å². The van der Waals surface area contributed by atoms with E-state index in [2.05, 4.69) is 258 Å². The summed E-state index contributed by atoms with van der Waals surface area (Å²) in [6, 6.07) is 91.8. The van der Waals surface area contributed by atoms with E-state index in [1.165, 1.54) is 49.3 Å². The van der Waals surface area contributed by atoms with Crippen LogP contribution in [0, 0.1) is 0 Å². The van der Waals surface area contributed by atoms with Gasteiger partial charge in [0, 0.05) is 49.9 Å². The molecule has 3 heteroatoms. The van der Waals surface area contributed by atoms with Crippen molar-refractivity contribution in [3.8, 4) is 50.2 Å². The van der Waals surface area contributed by atoms with E-state index in [9.17, 15) is 0 Å². The molecule has 3 nitrogen and oxygen atoms in total. The molecule has 67 heavy (non-hydrogen) atoms. The van der Waals surface area contributed by atoms with E-state index in [0.717, 1.165) is 72.5 Å². The molecule has 314 valence electrons. The maximum absolute atomic E-state index is 6.52. The van der Waals surface area contributed by atoms with Crippen LogP contribution in [0.1, 0.15) is 0 Å². The summed E-state index contributed by atoms with van der Waals surface area (Å²) in [7, 11) is 0. The van der Waals surface area contributed by atoms with Crippen LogP contribution in [0.5, 0.6) is 0 Å². The highest BCUT2D eigenvalue weighted by Gasteiger charge is 2.18. The van der Waals surface area contributed by atoms with Crippen molar-refractivity contribution in [2.75, 3.05) is 4.90 Å². The molecule has 2 heterocycles. The zero-order chi connectivity index (χ0) is 44.3. The topological polar surface area (TPSA) is 21.3 Å². The smallest absolute Gasteiger partial charge is 0.143 e. The van der Waals surface area contributed by atoms with Crippen molar-refractivity contribution >= 4 is 71.6 Å². The summed E-state index contributed by atoms with van der Waals surface area (Å²) in [5.41, 5.74) is 17.9. The minimum absolute atomic E-state index is 0.888. The summed E-state index contributed by atoms with van der Waals surface area (Å²) < 4.78 is 8.90. The average Bonchev–Trinajstić information content (AvgIpc) is 3.95. The molecule has 0 spiro atoms. The number of rotatable bonds is 8. The number of anilines is 3. The molecule has 0 atom stereocenters. The number of nitrogens with zero attached hydrogens (tertiary/aromatic N) is 2. The third-order valence-electron chi connectivity index (χ3n) is 13.4. The third-order valence-corrected chi connectivity index (χ3v) is 13.4. The van der Waals surface area contributed by atoms with Gasteiger partial charge < -0.3 is 13.9 Å². The molecule has 0 aliphatic rings. The van der Waals surface area contributed by atoms with E-state index in [4.69, 9.17) is 4.42 Å². The normalized spacial score (nSPS) is 11.6. The Bertz CT molecular complexity index is 3940. The molecule has 0 aliphatic heterocycles. The summed E-state index contributed by atoms with van der Waals surface area (Å²) in [5, 5.41) is 7.22. The van der Waals surface area contributed by atoms with Gasteiger partial charge in [0.1, 0.15) is 11.2 Å². The van der Waals surface area contributed by atoms with Crippen LogP contribution in [0.4, 0.5) is 17.1 Å². The number of benzene rings is 11. The molecule has 0 N–H and O–H groups in total. The monoisotopic (exact) mass is 854 g/mol. The van der Waals surface area contributed by atoms with Gasteiger partial charge in [-0.3, -0.25) is 0 Å². The van der Waals surface area contributed by atoms with Crippen LogP contribution in [0.25, 0.3) is 105 Å². The van der Waals surface area contributed by atoms with Crippen LogP contribution in [0.15, 0.2) is 259 Å². The van der Waals surface area contributed by atoms with Gasteiger partial charge in [0.2, 0.25) is 0 Å². The summed E-state index contributed by atoms with van der Waals surface area (Å²) in [5.74, 6) is 0. The Morgan fingerprint density at radius 1 is 0.299 bits per heavy atom. The van der Waals surface area contributed by atoms with Gasteiger partial charge in [0.25, 0.3) is 0 Å². The highest BCUT2D eigenvalue weighted by Crippen LogP contribution is 2.41. The predicted molar refractivity (Wildman–Crippen MR) is 282 cm³/mol. The second kappa shape index (κ2) is 16.0. The van der Waals surface area contributed by atoms with Gasteiger partial charge >= 0.3 is 0 Å². The Morgan fingerprint density at radius 3 is 1.52 bits per heavy atom. The molecule has 0 radical (unpaired) electrons. The van der Waals surface area contributed by atoms with Crippen LogP contribution in [-0.2, 0) is 0 Å². The van der Waals surface area contributed by atoms with Gasteiger partial charge in [0.15, 0.2) is 0 Å². The molecule has 13 aromatic rings. The highest BCUT2D eigenvalue weighted by atomic mass is 16.3. The van der Waals surface area contributed by atoms with E-state index in [1.54, 1.807) is 0 Å². The lowest BCUT2D eigenvalue weighted by molar-refractivity contribution is 0.670. The third kappa shape index (κ3) is 6.76. The predicted octanol–water partition coefficient (Wildman–Crippen LogP) is 18.0. The van der Waals surface area contributed by atoms with E-state index >= 15 is 0 Å². The molecule has 0 bridgehead atoms. The molecule has 0 saturated heterocycles. The fourth-order valence-electron chi connectivity index (χ4n) is 10.1. The van der Waals surface area contributed by atoms with Gasteiger partial charge in [-0.05, 0) is 129 Å². The molecular formula is C64H42N2O. The first-order chi connectivity index (χ1) is 33.2. The van der Waals surface area contributed by atoms with Gasteiger partial charge in [-0.25, -0.2) is 0 Å². The second-order valence-corrected chi connectivity index (χ2v) is 17.3. The van der Waals surface area contributed by atoms with E-state index < -0.39 is 0 Å². The number of fused-ring (bicyclic) bond motifs is 7. The Labute approximate surface area is 388 Å². The van der Waals surface area contributed by atoms with Crippen molar-refractivity contribution in [2.24, 2.45) is 0 Å². The quantitative estimate of drug-likeness (QED) is 0.152. The van der Waals surface area contributed by atoms with E-state index in [0.29, 0.717) is 0 Å². The summed E-state index contributed by atoms with van der Waals surface area (Å²) in [4.78, 5) is 2.35. The lowest BCUT2D eigenvalue weighted by Gasteiger charge is -2.26. The summed E-state index contributed by atoms with van der Waals surface area (Å²) in [6.45, 7) is 0. The summed E-state index contributed by atoms with van der Waals surface area (Å²) in [6.07, 6.45) is 0. The van der Waals surface area contributed by atoms with Crippen LogP contribution in [0.2, 0.25) is 0 Å². The fourth-order valence-corrected chi connectivity index (χ4v) is 10.1. The fraction of sp³-hybridized carbons (Fsp3) is 0. The highest BCUT2D eigenvalue weighted by molar-refractivity contribution is 6.11. The maximum Gasteiger partial charge on any atom is 0.143 e. The largest absolute Gasteiger partial charge is 0.455 e. The first-order valence-electron chi connectivity index (χ1n) is 22.9. The minimum Gasteiger partial charge on any atom is -0.455 e. The van der Waals surface area contributed by atoms with Crippen molar-refractivity contribution < 1.29 is 4.42 Å². The Balaban J connectivity index is 0.876. The molecule has 0 saturated carbocycles. The SMILES string of the molecule is c1ccc(-c2cccc3c2oc2ccc(-c4ccc(N(c5ccc(-c6ccc7ccccc7c6)cc5)c5ccc(-c6ccc7c8ccccc8n(-c8ccccc8)c7c6)cc5)cc4)cc23)cc1. The summed E-state index contributed by atoms with van der Waals surface area (Å²) >= 11 is 0. The number of hydrogen-bond donors (Lipinski definition) is 0. The van der Waals surface area contributed by atoms with Crippen LogP contribution >= 0.6 is 0 Å². The Hall–Kier alpha value is -8.92. The van der Waals surface area contributed by atoms with Crippen molar-refractivity contribution in [1.29, 1.82) is 0 Å². The molecule has 0 unspecified atom stereocenters. The number of aromatic nitrogens is 1. The first-order valence-corrected chi connectivity index (χ1v) is 22.9. The number of para-hydroxylation sites is 3. The lowest BCUT2D eigenvalue weighted by atomic mass is 9.99. The molecule has 0 fully saturated rings. The Morgan fingerprint density at radius 2 is 0.821 bits per heavy atom. The molecule has 0 aliphatic carbocycles. The van der Waals surface area contributed by atoms with Crippen LogP contribution in [0.3, 0.4) is 0 Å². The van der Waals surface area contributed by atoms with Gasteiger partial charge in [-0.1, -0.05) is 176 Å². The zero-order valence-corrected chi connectivity index (χ0v) is 36.6.